The van der Waals surface area contributed by atoms with Gasteiger partial charge in [0.2, 0.25) is 5.91 Å². The van der Waals surface area contributed by atoms with E-state index in [0.29, 0.717) is 11.9 Å². The predicted octanol–water partition coefficient (Wildman–Crippen LogP) is 2.88. The minimum absolute atomic E-state index is 0.0302. The molecular formula is C18H26N2O. The first-order valence-electron chi connectivity index (χ1n) is 8.40. The molecule has 0 radical (unpaired) electrons. The van der Waals surface area contributed by atoms with Gasteiger partial charge < -0.3 is 10.2 Å². The summed E-state index contributed by atoms with van der Waals surface area (Å²) in [4.78, 5) is 15.1. The Morgan fingerprint density at radius 3 is 2.90 bits per heavy atom. The second-order valence-corrected chi connectivity index (χ2v) is 6.38. The number of likely N-dealkylation sites (tertiary alicyclic amines) is 1. The summed E-state index contributed by atoms with van der Waals surface area (Å²) < 4.78 is 0. The Morgan fingerprint density at radius 1 is 1.29 bits per heavy atom. The molecule has 2 aliphatic heterocycles. The van der Waals surface area contributed by atoms with Crippen LogP contribution in [0.2, 0.25) is 0 Å². The molecule has 0 bridgehead atoms. The van der Waals surface area contributed by atoms with Gasteiger partial charge in [-0.25, -0.2) is 0 Å². The van der Waals surface area contributed by atoms with Crippen LogP contribution in [0.4, 0.5) is 0 Å². The van der Waals surface area contributed by atoms with Gasteiger partial charge in [0, 0.05) is 19.1 Å². The maximum absolute atomic E-state index is 12.9. The van der Waals surface area contributed by atoms with E-state index in [1.165, 1.54) is 24.0 Å². The van der Waals surface area contributed by atoms with E-state index in [9.17, 15) is 4.79 Å². The molecule has 2 atom stereocenters. The van der Waals surface area contributed by atoms with Crippen LogP contribution in [0.1, 0.15) is 50.2 Å². The number of fused-ring (bicyclic) bond motifs is 1. The van der Waals surface area contributed by atoms with Crippen molar-refractivity contribution in [1.82, 2.24) is 10.2 Å². The van der Waals surface area contributed by atoms with Crippen LogP contribution in [0.15, 0.2) is 24.3 Å². The average Bonchev–Trinajstić information content (AvgIpc) is 2.54. The normalized spacial score (nSPS) is 25.5. The lowest BCUT2D eigenvalue weighted by Gasteiger charge is -2.39. The van der Waals surface area contributed by atoms with Crippen molar-refractivity contribution < 1.29 is 4.79 Å². The van der Waals surface area contributed by atoms with Crippen molar-refractivity contribution in [2.45, 2.75) is 64.1 Å². The van der Waals surface area contributed by atoms with Crippen molar-refractivity contribution in [3.05, 3.63) is 35.4 Å². The van der Waals surface area contributed by atoms with Crippen molar-refractivity contribution in [2.24, 2.45) is 0 Å². The first kappa shape index (κ1) is 14.6. The summed E-state index contributed by atoms with van der Waals surface area (Å²) >= 11 is 0. The number of benzene rings is 1. The number of nitrogens with zero attached hydrogens (tertiary/aromatic N) is 1. The molecule has 3 rings (SSSR count). The molecule has 2 heterocycles. The molecule has 1 fully saturated rings. The molecule has 0 aromatic heterocycles. The Bertz CT molecular complexity index is 498. The molecule has 0 spiro atoms. The molecule has 21 heavy (non-hydrogen) atoms. The Balaban J connectivity index is 1.70. The van der Waals surface area contributed by atoms with Gasteiger partial charge in [-0.15, -0.1) is 0 Å². The number of carbonyl (C=O) groups is 1. The van der Waals surface area contributed by atoms with Crippen LogP contribution >= 0.6 is 0 Å². The molecule has 0 aliphatic carbocycles. The van der Waals surface area contributed by atoms with Crippen LogP contribution in [-0.4, -0.2) is 29.4 Å². The average molecular weight is 286 g/mol. The van der Waals surface area contributed by atoms with Gasteiger partial charge in [-0.2, -0.15) is 0 Å². The molecule has 1 unspecified atom stereocenters. The van der Waals surface area contributed by atoms with Crippen LogP contribution in [0.5, 0.6) is 0 Å². The van der Waals surface area contributed by atoms with Crippen molar-refractivity contribution in [1.29, 1.82) is 0 Å². The number of amides is 1. The van der Waals surface area contributed by atoms with Gasteiger partial charge in [0.1, 0.15) is 0 Å². The van der Waals surface area contributed by atoms with Gasteiger partial charge in [0.25, 0.3) is 0 Å². The molecule has 3 heteroatoms. The zero-order chi connectivity index (χ0) is 14.7. The van der Waals surface area contributed by atoms with Gasteiger partial charge in [-0.05, 0) is 43.2 Å². The largest absolute Gasteiger partial charge is 0.338 e. The van der Waals surface area contributed by atoms with E-state index in [-0.39, 0.29) is 6.04 Å². The van der Waals surface area contributed by atoms with Gasteiger partial charge in [0.05, 0.1) is 6.04 Å². The molecule has 0 saturated carbocycles. The second-order valence-electron chi connectivity index (χ2n) is 6.38. The van der Waals surface area contributed by atoms with E-state index in [0.717, 1.165) is 38.8 Å². The van der Waals surface area contributed by atoms with Crippen LogP contribution in [0.25, 0.3) is 0 Å². The number of hydrogen-bond donors (Lipinski definition) is 1. The predicted molar refractivity (Wildman–Crippen MR) is 85.0 cm³/mol. The quantitative estimate of drug-likeness (QED) is 0.926. The maximum Gasteiger partial charge on any atom is 0.240 e. The first-order chi connectivity index (χ1) is 10.3. The zero-order valence-electron chi connectivity index (χ0n) is 13.0. The number of hydrogen-bond acceptors (Lipinski definition) is 2. The molecule has 1 saturated heterocycles. The minimum atomic E-state index is -0.0302. The number of piperidine rings is 1. The zero-order valence-corrected chi connectivity index (χ0v) is 13.0. The van der Waals surface area contributed by atoms with Crippen molar-refractivity contribution in [3.8, 4) is 0 Å². The maximum atomic E-state index is 12.9. The molecule has 1 aromatic carbocycles. The number of rotatable bonds is 3. The van der Waals surface area contributed by atoms with Crippen LogP contribution in [-0.2, 0) is 17.8 Å². The fraction of sp³-hybridized carbons (Fsp3) is 0.611. The molecule has 1 N–H and O–H groups in total. The highest BCUT2D eigenvalue weighted by molar-refractivity contribution is 5.83. The highest BCUT2D eigenvalue weighted by Gasteiger charge is 2.32. The van der Waals surface area contributed by atoms with Gasteiger partial charge in [0.15, 0.2) is 0 Å². The minimum Gasteiger partial charge on any atom is -0.338 e. The van der Waals surface area contributed by atoms with E-state index in [1.54, 1.807) is 0 Å². The van der Waals surface area contributed by atoms with Crippen LogP contribution < -0.4 is 5.32 Å². The van der Waals surface area contributed by atoms with E-state index in [2.05, 4.69) is 41.4 Å². The van der Waals surface area contributed by atoms with Crippen molar-refractivity contribution in [2.75, 3.05) is 6.54 Å². The van der Waals surface area contributed by atoms with Gasteiger partial charge >= 0.3 is 0 Å². The van der Waals surface area contributed by atoms with Gasteiger partial charge in [-0.3, -0.25) is 4.79 Å². The first-order valence-corrected chi connectivity index (χ1v) is 8.40. The summed E-state index contributed by atoms with van der Waals surface area (Å²) in [5.74, 6) is 0.322. The summed E-state index contributed by atoms with van der Waals surface area (Å²) in [7, 11) is 0. The third kappa shape index (κ3) is 3.13. The summed E-state index contributed by atoms with van der Waals surface area (Å²) in [6, 6.07) is 8.91. The van der Waals surface area contributed by atoms with Crippen LogP contribution in [0.3, 0.4) is 0 Å². The Morgan fingerprint density at radius 2 is 2.10 bits per heavy atom. The topological polar surface area (TPSA) is 32.3 Å². The Kier molecular flexibility index (Phi) is 4.59. The SMILES string of the molecule is CCCC1CCCCN1C(=O)[C@@H]1Cc2ccccc2CN1. The summed E-state index contributed by atoms with van der Waals surface area (Å²) in [6.07, 6.45) is 6.77. The van der Waals surface area contributed by atoms with Crippen molar-refractivity contribution in [3.63, 3.8) is 0 Å². The summed E-state index contributed by atoms with van der Waals surface area (Å²) in [5, 5.41) is 3.44. The highest BCUT2D eigenvalue weighted by atomic mass is 16.2. The van der Waals surface area contributed by atoms with E-state index >= 15 is 0 Å². The second kappa shape index (κ2) is 6.61. The summed E-state index contributed by atoms with van der Waals surface area (Å²) in [6.45, 7) is 3.98. The molecular weight excluding hydrogens is 260 g/mol. The lowest BCUT2D eigenvalue weighted by molar-refractivity contribution is -0.137. The van der Waals surface area contributed by atoms with Crippen molar-refractivity contribution >= 4 is 5.91 Å². The third-order valence-corrected chi connectivity index (χ3v) is 4.91. The van der Waals surface area contributed by atoms with Gasteiger partial charge in [-0.1, -0.05) is 37.6 Å². The fourth-order valence-corrected chi connectivity index (χ4v) is 3.75. The third-order valence-electron chi connectivity index (χ3n) is 4.91. The highest BCUT2D eigenvalue weighted by Crippen LogP contribution is 2.24. The summed E-state index contributed by atoms with van der Waals surface area (Å²) in [5.41, 5.74) is 2.67. The Labute approximate surface area is 127 Å². The van der Waals surface area contributed by atoms with E-state index < -0.39 is 0 Å². The molecule has 2 aliphatic rings. The lowest BCUT2D eigenvalue weighted by Crippen LogP contribution is -2.54. The number of carbonyl (C=O) groups excluding carboxylic acids is 1. The molecule has 3 nitrogen and oxygen atoms in total. The van der Waals surface area contributed by atoms with Crippen LogP contribution in [0, 0.1) is 0 Å². The molecule has 1 amide bonds. The molecule has 114 valence electrons. The Hall–Kier alpha value is -1.35. The smallest absolute Gasteiger partial charge is 0.240 e. The van der Waals surface area contributed by atoms with E-state index in [1.807, 2.05) is 0 Å². The monoisotopic (exact) mass is 286 g/mol. The fourth-order valence-electron chi connectivity index (χ4n) is 3.75. The number of nitrogens with one attached hydrogen (secondary N) is 1. The molecule has 1 aromatic rings. The van der Waals surface area contributed by atoms with E-state index in [4.69, 9.17) is 0 Å². The standard InChI is InChI=1S/C18H26N2O/c1-2-7-16-10-5-6-11-20(16)18(21)17-12-14-8-3-4-9-15(14)13-19-17/h3-4,8-9,16-17,19H,2,5-7,10-13H2,1H3/t16?,17-/m0/s1. The lowest BCUT2D eigenvalue weighted by atomic mass is 9.92.